The summed E-state index contributed by atoms with van der Waals surface area (Å²) in [4.78, 5) is 12.4. The third-order valence-corrected chi connectivity index (χ3v) is 4.35. The van der Waals surface area contributed by atoms with E-state index < -0.39 is 5.41 Å². The van der Waals surface area contributed by atoms with Crippen LogP contribution in [0.4, 0.5) is 0 Å². The fourth-order valence-electron chi connectivity index (χ4n) is 3.15. The Bertz CT molecular complexity index is 383. The van der Waals surface area contributed by atoms with Crippen LogP contribution in [0.3, 0.4) is 0 Å². The molecule has 1 saturated carbocycles. The van der Waals surface area contributed by atoms with Crippen molar-refractivity contribution in [2.75, 3.05) is 13.2 Å². The maximum absolute atomic E-state index is 12.4. The summed E-state index contributed by atoms with van der Waals surface area (Å²) in [5, 5.41) is 14.8. The minimum Gasteiger partial charge on any atom is -0.409 e. The van der Waals surface area contributed by atoms with Crippen LogP contribution in [0.25, 0.3) is 0 Å². The van der Waals surface area contributed by atoms with E-state index in [1.807, 2.05) is 6.92 Å². The predicted octanol–water partition coefficient (Wildman–Crippen LogP) is 0.834. The molecule has 2 aliphatic rings. The largest absolute Gasteiger partial charge is 0.409 e. The van der Waals surface area contributed by atoms with E-state index in [1.165, 1.54) is 0 Å². The Morgan fingerprint density at radius 2 is 2.26 bits per heavy atom. The zero-order valence-electron chi connectivity index (χ0n) is 11.6. The molecule has 0 radical (unpaired) electrons. The van der Waals surface area contributed by atoms with Gasteiger partial charge in [0.15, 0.2) is 5.84 Å². The number of hydrogen-bond donors (Lipinski definition) is 3. The second-order valence-corrected chi connectivity index (χ2v) is 6.17. The summed E-state index contributed by atoms with van der Waals surface area (Å²) >= 11 is 0. The molecule has 0 aromatic carbocycles. The Labute approximate surface area is 113 Å². The lowest BCUT2D eigenvalue weighted by molar-refractivity contribution is -0.134. The highest BCUT2D eigenvalue weighted by Crippen LogP contribution is 2.46. The number of carbonyl (C=O) groups excluding carboxylic acids is 1. The van der Waals surface area contributed by atoms with E-state index in [-0.39, 0.29) is 17.3 Å². The van der Waals surface area contributed by atoms with Crippen LogP contribution in [0.15, 0.2) is 5.16 Å². The molecule has 0 spiro atoms. The molecule has 19 heavy (non-hydrogen) atoms. The van der Waals surface area contributed by atoms with Gasteiger partial charge in [0.05, 0.1) is 5.60 Å². The highest BCUT2D eigenvalue weighted by Gasteiger charge is 2.52. The first kappa shape index (κ1) is 14.1. The summed E-state index contributed by atoms with van der Waals surface area (Å²) in [6.07, 6.45) is 3.23. The van der Waals surface area contributed by atoms with Crippen LogP contribution in [0.1, 0.15) is 39.5 Å². The number of nitrogens with zero attached hydrogens (tertiary/aromatic N) is 1. The van der Waals surface area contributed by atoms with Gasteiger partial charge in [-0.1, -0.05) is 12.1 Å². The molecule has 1 unspecified atom stereocenters. The fourth-order valence-corrected chi connectivity index (χ4v) is 3.15. The summed E-state index contributed by atoms with van der Waals surface area (Å²) in [5.74, 6) is 0.280. The molecule has 1 amide bonds. The van der Waals surface area contributed by atoms with Crippen molar-refractivity contribution < 1.29 is 14.7 Å². The zero-order chi connectivity index (χ0) is 14.1. The molecule has 1 saturated heterocycles. The Hall–Kier alpha value is -1.30. The second kappa shape index (κ2) is 5.00. The van der Waals surface area contributed by atoms with Gasteiger partial charge in [-0.2, -0.15) is 0 Å². The van der Waals surface area contributed by atoms with Crippen molar-refractivity contribution in [1.82, 2.24) is 5.32 Å². The van der Waals surface area contributed by atoms with Gasteiger partial charge < -0.3 is 21.0 Å². The topological polar surface area (TPSA) is 96.9 Å². The van der Waals surface area contributed by atoms with E-state index in [1.54, 1.807) is 0 Å². The molecule has 4 N–H and O–H groups in total. The van der Waals surface area contributed by atoms with E-state index in [0.29, 0.717) is 25.3 Å². The number of oxime groups is 1. The number of carbonyl (C=O) groups is 1. The van der Waals surface area contributed by atoms with Crippen LogP contribution < -0.4 is 11.1 Å². The number of ether oxygens (including phenoxy) is 1. The standard InChI is InChI=1S/C13H23N3O3/c1-9-6-13(7-9,10(14)16-18)11(17)15-8-12(2)4-3-5-19-12/h9,18H,3-8H2,1-2H3,(H2,14,16)(H,15,17). The molecule has 2 rings (SSSR count). The summed E-state index contributed by atoms with van der Waals surface area (Å²) < 4.78 is 5.64. The van der Waals surface area contributed by atoms with E-state index in [9.17, 15) is 4.79 Å². The lowest BCUT2D eigenvalue weighted by Gasteiger charge is -2.44. The number of amidine groups is 1. The summed E-state index contributed by atoms with van der Waals surface area (Å²) in [5.41, 5.74) is 4.59. The average Bonchev–Trinajstić information content (AvgIpc) is 2.78. The van der Waals surface area contributed by atoms with Crippen LogP contribution in [-0.2, 0) is 9.53 Å². The van der Waals surface area contributed by atoms with Gasteiger partial charge in [-0.05, 0) is 38.5 Å². The van der Waals surface area contributed by atoms with Crippen molar-refractivity contribution in [3.05, 3.63) is 0 Å². The Balaban J connectivity index is 1.97. The fraction of sp³-hybridized carbons (Fsp3) is 0.846. The van der Waals surface area contributed by atoms with Crippen molar-refractivity contribution >= 4 is 11.7 Å². The van der Waals surface area contributed by atoms with Crippen molar-refractivity contribution in [2.24, 2.45) is 22.2 Å². The Morgan fingerprint density at radius 1 is 1.58 bits per heavy atom. The molecule has 1 aliphatic carbocycles. The average molecular weight is 269 g/mol. The number of nitrogens with two attached hydrogens (primary N) is 1. The quantitative estimate of drug-likeness (QED) is 0.305. The van der Waals surface area contributed by atoms with E-state index >= 15 is 0 Å². The number of amides is 1. The summed E-state index contributed by atoms with van der Waals surface area (Å²) in [7, 11) is 0. The molecule has 6 nitrogen and oxygen atoms in total. The third-order valence-electron chi connectivity index (χ3n) is 4.35. The van der Waals surface area contributed by atoms with Gasteiger partial charge in [-0.25, -0.2) is 0 Å². The molecular formula is C13H23N3O3. The van der Waals surface area contributed by atoms with Crippen molar-refractivity contribution in [3.8, 4) is 0 Å². The lowest BCUT2D eigenvalue weighted by Crippen LogP contribution is -2.58. The maximum Gasteiger partial charge on any atom is 0.234 e. The minimum atomic E-state index is -0.830. The molecule has 6 heteroatoms. The SMILES string of the molecule is CC1CC(C(=O)NCC2(C)CCCO2)(C(N)=NO)C1. The monoisotopic (exact) mass is 269 g/mol. The molecule has 1 heterocycles. The molecule has 0 bridgehead atoms. The van der Waals surface area contributed by atoms with E-state index in [2.05, 4.69) is 17.4 Å². The molecule has 108 valence electrons. The maximum atomic E-state index is 12.4. The second-order valence-electron chi connectivity index (χ2n) is 6.17. The van der Waals surface area contributed by atoms with Gasteiger partial charge in [0.2, 0.25) is 5.91 Å². The van der Waals surface area contributed by atoms with Crippen molar-refractivity contribution in [1.29, 1.82) is 0 Å². The van der Waals surface area contributed by atoms with Crippen LogP contribution in [0.5, 0.6) is 0 Å². The van der Waals surface area contributed by atoms with Gasteiger partial charge in [0.1, 0.15) is 5.41 Å². The predicted molar refractivity (Wildman–Crippen MR) is 70.8 cm³/mol. The normalized spacial score (nSPS) is 38.8. The van der Waals surface area contributed by atoms with Crippen LogP contribution >= 0.6 is 0 Å². The smallest absolute Gasteiger partial charge is 0.234 e. The summed E-state index contributed by atoms with van der Waals surface area (Å²) in [6, 6.07) is 0. The molecule has 1 aliphatic heterocycles. The van der Waals surface area contributed by atoms with Gasteiger partial charge in [0.25, 0.3) is 0 Å². The van der Waals surface area contributed by atoms with Crippen LogP contribution in [0.2, 0.25) is 0 Å². The van der Waals surface area contributed by atoms with Crippen LogP contribution in [-0.4, -0.2) is 35.7 Å². The third kappa shape index (κ3) is 2.54. The molecule has 2 fully saturated rings. The molecular weight excluding hydrogens is 246 g/mol. The van der Waals surface area contributed by atoms with Crippen molar-refractivity contribution in [2.45, 2.75) is 45.1 Å². The number of nitrogens with one attached hydrogen (secondary N) is 1. The van der Waals surface area contributed by atoms with Crippen molar-refractivity contribution in [3.63, 3.8) is 0 Å². The number of rotatable bonds is 4. The Kier molecular flexibility index (Phi) is 3.71. The van der Waals surface area contributed by atoms with Gasteiger partial charge in [0, 0.05) is 13.2 Å². The lowest BCUT2D eigenvalue weighted by atomic mass is 9.61. The van der Waals surface area contributed by atoms with Gasteiger partial charge >= 0.3 is 0 Å². The highest BCUT2D eigenvalue weighted by atomic mass is 16.5. The van der Waals surface area contributed by atoms with Crippen LogP contribution in [0, 0.1) is 11.3 Å². The molecule has 1 atom stereocenters. The summed E-state index contributed by atoms with van der Waals surface area (Å²) in [6.45, 7) is 5.27. The zero-order valence-corrected chi connectivity index (χ0v) is 11.6. The first-order chi connectivity index (χ1) is 8.92. The van der Waals surface area contributed by atoms with Gasteiger partial charge in [-0.15, -0.1) is 0 Å². The number of hydrogen-bond acceptors (Lipinski definition) is 4. The molecule has 0 aromatic rings. The van der Waals surface area contributed by atoms with Gasteiger partial charge in [-0.3, -0.25) is 4.79 Å². The Morgan fingerprint density at radius 3 is 2.74 bits per heavy atom. The minimum absolute atomic E-state index is 0.0144. The highest BCUT2D eigenvalue weighted by molar-refractivity contribution is 6.07. The first-order valence-electron chi connectivity index (χ1n) is 6.82. The van der Waals surface area contributed by atoms with E-state index in [4.69, 9.17) is 15.7 Å². The van der Waals surface area contributed by atoms with E-state index in [0.717, 1.165) is 19.4 Å². The molecule has 0 aromatic heterocycles. The first-order valence-corrected chi connectivity index (χ1v) is 6.82.